The largest absolute Gasteiger partial charge is 0.483 e. The summed E-state index contributed by atoms with van der Waals surface area (Å²) in [5.74, 6) is -0.452. The highest BCUT2D eigenvalue weighted by atomic mass is 16.5. The molecule has 8 unspecified atom stereocenters. The van der Waals surface area contributed by atoms with Crippen molar-refractivity contribution in [3.8, 4) is 17.2 Å². The summed E-state index contributed by atoms with van der Waals surface area (Å²) >= 11 is 0. The summed E-state index contributed by atoms with van der Waals surface area (Å²) in [6.07, 6.45) is 20.0. The summed E-state index contributed by atoms with van der Waals surface area (Å²) in [6.45, 7) is 36.4. The van der Waals surface area contributed by atoms with Crippen LogP contribution < -0.4 is 19.5 Å². The number of aromatic nitrogens is 1. The number of fused-ring (bicyclic) bond motifs is 15. The maximum Gasteiger partial charge on any atom is 0.272 e. The Labute approximate surface area is 624 Å². The molecule has 21 aliphatic rings. The maximum absolute atomic E-state index is 16.8. The Balaban J connectivity index is 0.000000154. The third-order valence-corrected chi connectivity index (χ3v) is 30.9. The van der Waals surface area contributed by atoms with Crippen molar-refractivity contribution >= 4 is 87.2 Å². The van der Waals surface area contributed by atoms with Crippen LogP contribution in [-0.4, -0.2) is 191 Å². The van der Waals surface area contributed by atoms with Gasteiger partial charge in [-0.2, -0.15) is 4.73 Å². The highest BCUT2D eigenvalue weighted by molar-refractivity contribution is 6.18. The zero-order valence-electron chi connectivity index (χ0n) is 64.5. The Kier molecular flexibility index (Phi) is 12.8. The molecule has 21 nitrogen and oxygen atoms in total. The zero-order valence-corrected chi connectivity index (χ0v) is 64.5. The van der Waals surface area contributed by atoms with Gasteiger partial charge in [0.25, 0.3) is 17.3 Å². The highest BCUT2D eigenvalue weighted by Crippen LogP contribution is 2.83. The minimum atomic E-state index is -1.58. The van der Waals surface area contributed by atoms with Gasteiger partial charge in [-0.1, -0.05) is 34.6 Å². The Morgan fingerprint density at radius 1 is 0.579 bits per heavy atom. The molecule has 6 bridgehead atoms. The average molecular weight is 1450 g/mol. The molecule has 560 valence electrons. The first kappa shape index (κ1) is 67.6. The molecule has 1 aromatic heterocycles. The lowest BCUT2D eigenvalue weighted by atomic mass is 9.35. The Morgan fingerprint density at radius 3 is 1.75 bits per heavy atom. The van der Waals surface area contributed by atoms with E-state index in [1.165, 1.54) is 33.8 Å². The fourth-order valence-electron chi connectivity index (χ4n) is 26.9. The number of Topliss-reactive ketones (excluding diaryl/α,β-unsaturated/α-hetero) is 1. The van der Waals surface area contributed by atoms with E-state index in [1.807, 2.05) is 140 Å². The van der Waals surface area contributed by atoms with E-state index >= 15 is 19.2 Å². The number of nitrogens with zero attached hydrogens (tertiary/aromatic N) is 8. The molecule has 7 spiro atoms. The van der Waals surface area contributed by atoms with Crippen molar-refractivity contribution in [1.29, 1.82) is 0 Å². The monoisotopic (exact) mass is 1450 g/mol. The molecule has 3 aromatic carbocycles. The van der Waals surface area contributed by atoms with Crippen molar-refractivity contribution in [2.24, 2.45) is 34.0 Å². The number of hydrogen-bond acceptors (Lipinski definition) is 13. The number of ether oxygens (including phenoxy) is 3. The second-order valence-corrected chi connectivity index (χ2v) is 38.1. The molecule has 17 aliphatic heterocycles. The number of ketones is 1. The maximum atomic E-state index is 16.8. The Bertz CT molecular complexity index is 5130. The van der Waals surface area contributed by atoms with E-state index in [2.05, 4.69) is 72.5 Å². The van der Waals surface area contributed by atoms with Crippen molar-refractivity contribution in [2.75, 3.05) is 39.3 Å². The standard InChI is InChI=1S/C53H56N5O8.C27H29N3O4.C6H15N/c1-45(2)19-15-26-30(65-45)13-11-28-35-38-52-29-12-14-31-27(16-20-46(3,4)66-31)37(29)58(64)40(52)48(7,8)32-23-49-17-9-21-54(49)43(61)51(32,25-34(49)59)41(52)56-42(60)50-18-10-22-55(50)44(62)53(38,56)33(24-50)47(5,6)39(35)57(63)36(26)28;1-24(2)10-8-17-18(34-24)7-6-15-12-16-13-27-19(25(3,4)21(16)30(33)20(15)17)14-26(22(31)28-27)9-5-11-29(26)23(27)32;1-4-7(5-2)6-3/h11-16,19-20,32-33,38,41,63-64H,9-10,17-18,21-25H2,1-8H3;6-8,10,13,19H,5,9,11-12,14H2,1-4H3,(H-,28,31,33);4-6H2,1-3H3/q+1;;/p+1/t32-,33?,38-,41?,49?,50?,51?,52?,53+;19?,26?,27-;/m11./s1. The lowest BCUT2D eigenvalue weighted by Crippen LogP contribution is -2.87. The van der Waals surface area contributed by atoms with E-state index in [0.29, 0.717) is 128 Å². The predicted octanol–water partition coefficient (Wildman–Crippen LogP) is 11.2. The van der Waals surface area contributed by atoms with Gasteiger partial charge in [0.1, 0.15) is 67.2 Å². The number of nitrogens with one attached hydrogen (secondary N) is 1. The van der Waals surface area contributed by atoms with Crippen molar-refractivity contribution < 1.29 is 68.1 Å². The Hall–Kier alpha value is -8.72. The van der Waals surface area contributed by atoms with E-state index in [-0.39, 0.29) is 47.7 Å². The SMILES string of the molecule is CC1(C)C=Cc2c(ccc3c2[N+](O)=C2C(=C[C@]45NC(=O)C6(CCCN6C4=O)CC5C2(C)C)C3)O1.CC1(C)C=Cc2c(ccc3c2[N+](O)=C2C(C)(C)[C@H]4CC56CCCN5C(=O)C4(CC6=O)C4N5C(=O)C67CCCN6C(=O)[C@@]56C(C7)C(C)(C)c5c(c7ccc8c(c7n5O)C=CC(C)(C)O8)[C@@H]6C234)O1.CCN(CC)CC. The van der Waals surface area contributed by atoms with Gasteiger partial charge >= 0.3 is 0 Å². The summed E-state index contributed by atoms with van der Waals surface area (Å²) < 4.78 is 23.4. The van der Waals surface area contributed by atoms with Crippen LogP contribution in [0.3, 0.4) is 0 Å². The van der Waals surface area contributed by atoms with Crippen LogP contribution in [0.2, 0.25) is 0 Å². The molecule has 4 aliphatic carbocycles. The van der Waals surface area contributed by atoms with Crippen LogP contribution in [-0.2, 0) is 46.0 Å². The molecule has 4 aromatic rings. The van der Waals surface area contributed by atoms with E-state index in [9.17, 15) is 25.2 Å². The number of hydrogen-bond donors (Lipinski definition) is 4. The number of piperidine rings is 6. The molecule has 107 heavy (non-hydrogen) atoms. The number of carbonyl (C=O) groups is 6. The van der Waals surface area contributed by atoms with E-state index in [4.69, 9.17) is 14.2 Å². The van der Waals surface area contributed by atoms with Crippen LogP contribution >= 0.6 is 0 Å². The quantitative estimate of drug-likeness (QED) is 0.0851. The summed E-state index contributed by atoms with van der Waals surface area (Å²) in [5, 5.41) is 42.4. The number of carbonyl (C=O) groups excluding carboxylic acids is 6. The molecular formula is C86H101N9O12+2. The zero-order chi connectivity index (χ0) is 75.3. The van der Waals surface area contributed by atoms with Gasteiger partial charge in [-0.15, -0.1) is 0 Å². The van der Waals surface area contributed by atoms with Crippen molar-refractivity contribution in [3.63, 3.8) is 0 Å². The van der Waals surface area contributed by atoms with E-state index in [0.717, 1.165) is 51.2 Å². The highest BCUT2D eigenvalue weighted by Gasteiger charge is 2.96. The van der Waals surface area contributed by atoms with Crippen LogP contribution in [0.1, 0.15) is 213 Å². The minimum absolute atomic E-state index is 0.0137. The van der Waals surface area contributed by atoms with Gasteiger partial charge in [0.05, 0.1) is 44.6 Å². The summed E-state index contributed by atoms with van der Waals surface area (Å²) in [5.41, 5.74) is -3.03. The first-order chi connectivity index (χ1) is 50.5. The smallest absolute Gasteiger partial charge is 0.272 e. The molecule has 21 heteroatoms. The van der Waals surface area contributed by atoms with Crippen LogP contribution in [0, 0.1) is 34.0 Å². The number of rotatable bonds is 3. The van der Waals surface area contributed by atoms with Gasteiger partial charge in [-0.05, 0) is 237 Å². The third kappa shape index (κ3) is 7.36. The molecule has 14 fully saturated rings. The van der Waals surface area contributed by atoms with Crippen molar-refractivity contribution in [1.82, 2.24) is 34.5 Å². The molecule has 12 saturated heterocycles. The summed E-state index contributed by atoms with van der Waals surface area (Å²) in [7, 11) is 0. The van der Waals surface area contributed by atoms with Crippen LogP contribution in [0.25, 0.3) is 29.1 Å². The third-order valence-electron chi connectivity index (χ3n) is 30.9. The summed E-state index contributed by atoms with van der Waals surface area (Å²) in [6, 6.07) is 10.8. The van der Waals surface area contributed by atoms with Crippen LogP contribution in [0.5, 0.6) is 17.2 Å². The number of amides is 5. The molecule has 18 heterocycles. The normalized spacial score (nSPS) is 37.0. The lowest BCUT2D eigenvalue weighted by molar-refractivity contribution is -0.716. The minimum Gasteiger partial charge on any atom is -0.483 e. The molecule has 12 atom stereocenters. The van der Waals surface area contributed by atoms with Gasteiger partial charge in [0.15, 0.2) is 5.78 Å². The second-order valence-electron chi connectivity index (χ2n) is 38.1. The van der Waals surface area contributed by atoms with E-state index < -0.39 is 95.4 Å². The lowest BCUT2D eigenvalue weighted by Gasteiger charge is -2.70. The number of piperazine rings is 2. The van der Waals surface area contributed by atoms with Crippen molar-refractivity contribution in [2.45, 2.75) is 242 Å². The van der Waals surface area contributed by atoms with Gasteiger partial charge in [0.2, 0.25) is 35.1 Å². The fourth-order valence-corrected chi connectivity index (χ4v) is 26.9. The van der Waals surface area contributed by atoms with Gasteiger partial charge < -0.3 is 49.2 Å². The first-order valence-electron chi connectivity index (χ1n) is 39.7. The van der Waals surface area contributed by atoms with Crippen molar-refractivity contribution in [3.05, 3.63) is 105 Å². The molecular weight excluding hydrogens is 1350 g/mol. The fraction of sp³-hybridized carbons (Fsp3) is 0.581. The predicted molar refractivity (Wildman–Crippen MR) is 399 cm³/mol. The van der Waals surface area contributed by atoms with E-state index in [1.54, 1.807) is 0 Å². The molecule has 4 N–H and O–H groups in total. The molecule has 0 radical (unpaired) electrons. The van der Waals surface area contributed by atoms with Gasteiger partial charge in [-0.3, -0.25) is 39.2 Å². The number of allylic oxidation sites excluding steroid dienone is 1. The van der Waals surface area contributed by atoms with Gasteiger partial charge in [-0.25, -0.2) is 0 Å². The average Bonchev–Trinajstić information content (AvgIpc) is 1.42. The number of benzene rings is 3. The molecule has 2 saturated carbocycles. The summed E-state index contributed by atoms with van der Waals surface area (Å²) in [4.78, 5) is 102. The van der Waals surface area contributed by atoms with Gasteiger partial charge in [0, 0.05) is 92.8 Å². The molecule has 5 amide bonds. The van der Waals surface area contributed by atoms with Crippen LogP contribution in [0.4, 0.5) is 11.4 Å². The second kappa shape index (κ2) is 20.2. The van der Waals surface area contributed by atoms with Crippen LogP contribution in [0.15, 0.2) is 66.3 Å². The Morgan fingerprint density at radius 2 is 1.12 bits per heavy atom. The topological polar surface area (TPSA) is 230 Å². The molecule has 25 rings (SSSR count). The first-order valence-corrected chi connectivity index (χ1v) is 39.7.